The number of aliphatic hydroxyl groups is 1. The summed E-state index contributed by atoms with van der Waals surface area (Å²) in [5, 5.41) is 20.1. The van der Waals surface area contributed by atoms with Crippen LogP contribution in [0.5, 0.6) is 0 Å². The molecule has 0 saturated heterocycles. The smallest absolute Gasteiger partial charge is 0.0976 e. The Morgan fingerprint density at radius 2 is 1.67 bits per heavy atom. The van der Waals surface area contributed by atoms with Crippen LogP contribution >= 0.6 is 0 Å². The Morgan fingerprint density at radius 3 is 2.17 bits per heavy atom. The first-order valence-electron chi connectivity index (χ1n) is 6.63. The van der Waals surface area contributed by atoms with E-state index in [0.717, 1.165) is 31.2 Å². The summed E-state index contributed by atoms with van der Waals surface area (Å²) >= 11 is 0. The molecule has 1 unspecified atom stereocenters. The van der Waals surface area contributed by atoms with Crippen LogP contribution in [0.25, 0.3) is 0 Å². The highest BCUT2D eigenvalue weighted by Gasteiger charge is 2.44. The van der Waals surface area contributed by atoms with Crippen LogP contribution in [0.3, 0.4) is 0 Å². The Balaban J connectivity index is 2.22. The van der Waals surface area contributed by atoms with Gasteiger partial charge in [-0.3, -0.25) is 0 Å². The Labute approximate surface area is 109 Å². The first-order valence-corrected chi connectivity index (χ1v) is 6.63. The minimum Gasteiger partial charge on any atom is -0.387 e. The normalized spacial score (nSPS) is 23.0. The third-order valence-corrected chi connectivity index (χ3v) is 4.36. The summed E-state index contributed by atoms with van der Waals surface area (Å²) < 4.78 is 0. The van der Waals surface area contributed by atoms with Crippen molar-refractivity contribution >= 4 is 0 Å². The first-order chi connectivity index (χ1) is 8.49. The maximum absolute atomic E-state index is 10.5. The van der Waals surface area contributed by atoms with Crippen LogP contribution in [-0.4, -0.2) is 5.11 Å². The van der Waals surface area contributed by atoms with Gasteiger partial charge >= 0.3 is 0 Å². The first kappa shape index (κ1) is 13.1. The van der Waals surface area contributed by atoms with Crippen molar-refractivity contribution in [3.05, 3.63) is 35.9 Å². The van der Waals surface area contributed by atoms with Gasteiger partial charge in [0.25, 0.3) is 0 Å². The van der Waals surface area contributed by atoms with Gasteiger partial charge in [0.1, 0.15) is 0 Å². The summed E-state index contributed by atoms with van der Waals surface area (Å²) in [5.74, 6) is 0. The van der Waals surface area contributed by atoms with E-state index >= 15 is 0 Å². The number of benzene rings is 1. The second-order valence-electron chi connectivity index (χ2n) is 6.25. The molecular weight excluding hydrogens is 222 g/mol. The van der Waals surface area contributed by atoms with Gasteiger partial charge in [-0.05, 0) is 36.7 Å². The van der Waals surface area contributed by atoms with Crippen LogP contribution in [0, 0.1) is 22.2 Å². The largest absolute Gasteiger partial charge is 0.387 e. The molecule has 0 aromatic heterocycles. The predicted octanol–water partition coefficient (Wildman–Crippen LogP) is 3.83. The highest BCUT2D eigenvalue weighted by molar-refractivity contribution is 5.23. The molecule has 0 spiro atoms. The molecule has 2 nitrogen and oxygen atoms in total. The maximum atomic E-state index is 10.5. The SMILES string of the molecule is CC1(C)CCC(C#N)(C(O)c2ccccc2)CC1. The molecule has 0 bridgehead atoms. The van der Waals surface area contributed by atoms with Crippen molar-refractivity contribution in [2.24, 2.45) is 10.8 Å². The third-order valence-electron chi connectivity index (χ3n) is 4.36. The lowest BCUT2D eigenvalue weighted by atomic mass is 9.62. The second kappa shape index (κ2) is 4.74. The molecule has 2 heteroatoms. The van der Waals surface area contributed by atoms with E-state index in [9.17, 15) is 10.4 Å². The molecule has 2 rings (SSSR count). The van der Waals surface area contributed by atoms with Gasteiger partial charge in [0, 0.05) is 0 Å². The predicted molar refractivity (Wildman–Crippen MR) is 71.7 cm³/mol. The summed E-state index contributed by atoms with van der Waals surface area (Å²) in [6.07, 6.45) is 2.91. The molecule has 1 aliphatic rings. The van der Waals surface area contributed by atoms with Crippen molar-refractivity contribution in [3.63, 3.8) is 0 Å². The van der Waals surface area contributed by atoms with Gasteiger partial charge < -0.3 is 5.11 Å². The summed E-state index contributed by atoms with van der Waals surface area (Å²) in [6, 6.07) is 12.0. The van der Waals surface area contributed by atoms with E-state index in [-0.39, 0.29) is 0 Å². The lowest BCUT2D eigenvalue weighted by Gasteiger charge is -2.41. The fourth-order valence-electron chi connectivity index (χ4n) is 2.77. The molecule has 0 amide bonds. The number of rotatable bonds is 2. The molecule has 1 N–H and O–H groups in total. The molecule has 0 heterocycles. The van der Waals surface area contributed by atoms with Crippen molar-refractivity contribution < 1.29 is 5.11 Å². The summed E-state index contributed by atoms with van der Waals surface area (Å²) in [4.78, 5) is 0. The molecule has 1 aliphatic carbocycles. The second-order valence-corrected chi connectivity index (χ2v) is 6.25. The fraction of sp³-hybridized carbons (Fsp3) is 0.562. The van der Waals surface area contributed by atoms with Gasteiger partial charge in [0.05, 0.1) is 17.6 Å². The molecular formula is C16H21NO. The van der Waals surface area contributed by atoms with Crippen LogP contribution in [0.1, 0.15) is 51.2 Å². The van der Waals surface area contributed by atoms with E-state index in [1.165, 1.54) is 0 Å². The van der Waals surface area contributed by atoms with Crippen molar-refractivity contribution in [2.75, 3.05) is 0 Å². The van der Waals surface area contributed by atoms with Gasteiger partial charge in [-0.1, -0.05) is 44.2 Å². The molecule has 1 saturated carbocycles. The highest BCUT2D eigenvalue weighted by Crippen LogP contribution is 2.50. The molecule has 1 atom stereocenters. The van der Waals surface area contributed by atoms with Crippen molar-refractivity contribution in [1.29, 1.82) is 5.26 Å². The standard InChI is InChI=1S/C16H21NO/c1-15(2)8-10-16(12-17,11-9-15)14(18)13-6-4-3-5-7-13/h3-7,14,18H,8-11H2,1-2H3. The van der Waals surface area contributed by atoms with Crippen molar-refractivity contribution in [2.45, 2.75) is 45.6 Å². The molecule has 0 aliphatic heterocycles. The minimum atomic E-state index is -0.667. The van der Waals surface area contributed by atoms with Crippen LogP contribution in [0.15, 0.2) is 30.3 Å². The van der Waals surface area contributed by atoms with Gasteiger partial charge in [-0.25, -0.2) is 0 Å². The van der Waals surface area contributed by atoms with E-state index in [4.69, 9.17) is 0 Å². The van der Waals surface area contributed by atoms with Crippen molar-refractivity contribution in [1.82, 2.24) is 0 Å². The fourth-order valence-corrected chi connectivity index (χ4v) is 2.77. The lowest BCUT2D eigenvalue weighted by molar-refractivity contribution is 0.00956. The molecule has 1 aromatic rings. The molecule has 1 fully saturated rings. The van der Waals surface area contributed by atoms with Crippen molar-refractivity contribution in [3.8, 4) is 6.07 Å². The van der Waals surface area contributed by atoms with Gasteiger partial charge in [0.15, 0.2) is 0 Å². The van der Waals surface area contributed by atoms with Crippen LogP contribution in [0.2, 0.25) is 0 Å². The summed E-state index contributed by atoms with van der Waals surface area (Å²) in [7, 11) is 0. The monoisotopic (exact) mass is 243 g/mol. The number of aliphatic hydroxyl groups excluding tert-OH is 1. The Hall–Kier alpha value is -1.33. The van der Waals surface area contributed by atoms with Crippen LogP contribution in [0.4, 0.5) is 0 Å². The third kappa shape index (κ3) is 2.42. The van der Waals surface area contributed by atoms with Gasteiger partial charge in [-0.15, -0.1) is 0 Å². The summed E-state index contributed by atoms with van der Waals surface area (Å²) in [5.41, 5.74) is 0.562. The molecule has 96 valence electrons. The number of hydrogen-bond donors (Lipinski definition) is 1. The maximum Gasteiger partial charge on any atom is 0.0976 e. The Kier molecular flexibility index (Phi) is 3.45. The number of nitriles is 1. The zero-order chi connectivity index (χ0) is 13.2. The molecule has 0 radical (unpaired) electrons. The minimum absolute atomic E-state index is 0.302. The van der Waals surface area contributed by atoms with Gasteiger partial charge in [0.2, 0.25) is 0 Å². The molecule has 1 aromatic carbocycles. The van der Waals surface area contributed by atoms with E-state index < -0.39 is 11.5 Å². The number of hydrogen-bond acceptors (Lipinski definition) is 2. The highest BCUT2D eigenvalue weighted by atomic mass is 16.3. The molecule has 18 heavy (non-hydrogen) atoms. The summed E-state index contributed by atoms with van der Waals surface area (Å²) in [6.45, 7) is 4.48. The number of nitrogens with zero attached hydrogens (tertiary/aromatic N) is 1. The average Bonchev–Trinajstić information content (AvgIpc) is 2.40. The van der Waals surface area contributed by atoms with Crippen LogP contribution in [-0.2, 0) is 0 Å². The van der Waals surface area contributed by atoms with Gasteiger partial charge in [-0.2, -0.15) is 5.26 Å². The lowest BCUT2D eigenvalue weighted by Crippen LogP contribution is -2.35. The zero-order valence-corrected chi connectivity index (χ0v) is 11.2. The quantitative estimate of drug-likeness (QED) is 0.858. The van der Waals surface area contributed by atoms with E-state index in [1.807, 2.05) is 30.3 Å². The Bertz CT molecular complexity index is 434. The van der Waals surface area contributed by atoms with Crippen LogP contribution < -0.4 is 0 Å². The topological polar surface area (TPSA) is 44.0 Å². The average molecular weight is 243 g/mol. The van der Waals surface area contributed by atoms with E-state index in [2.05, 4.69) is 19.9 Å². The Morgan fingerprint density at radius 1 is 1.11 bits per heavy atom. The van der Waals surface area contributed by atoms with E-state index in [0.29, 0.717) is 5.41 Å². The van der Waals surface area contributed by atoms with E-state index in [1.54, 1.807) is 0 Å². The zero-order valence-electron chi connectivity index (χ0n) is 11.2.